The maximum Gasteiger partial charge on any atom is 0.416 e. The normalized spacial score (nSPS) is 15.9. The molecule has 162 valence electrons. The van der Waals surface area contributed by atoms with Crippen molar-refractivity contribution in [1.82, 2.24) is 14.1 Å². The second-order valence-corrected chi connectivity index (χ2v) is 8.73. The first-order chi connectivity index (χ1) is 14.3. The van der Waals surface area contributed by atoms with Crippen molar-refractivity contribution in [3.63, 3.8) is 0 Å². The molecule has 1 aliphatic carbocycles. The fourth-order valence-electron chi connectivity index (χ4n) is 4.24. The first-order valence-corrected chi connectivity index (χ1v) is 9.65. The van der Waals surface area contributed by atoms with Crippen LogP contribution in [0.25, 0.3) is 22.2 Å². The standard InChI is InChI=1S/C22H20F3N3O3/c1-21(2)9-13-16(14(29)10-21)15(11-6-5-7-12(8-11)22(23,24)25)17-18(26-13)27(3)20(31)28(4)19(17)30/h5-8H,9-10H2,1-4H3. The van der Waals surface area contributed by atoms with Crippen molar-refractivity contribution in [1.29, 1.82) is 0 Å². The lowest BCUT2D eigenvalue weighted by Gasteiger charge is -2.31. The van der Waals surface area contributed by atoms with Crippen LogP contribution in [0.4, 0.5) is 13.2 Å². The molecule has 0 N–H and O–H groups in total. The summed E-state index contributed by atoms with van der Waals surface area (Å²) >= 11 is 0. The number of alkyl halides is 3. The van der Waals surface area contributed by atoms with E-state index in [1.165, 1.54) is 30.8 Å². The number of nitrogens with zero attached hydrogens (tertiary/aromatic N) is 3. The molecule has 1 aliphatic rings. The number of aromatic nitrogens is 3. The van der Waals surface area contributed by atoms with E-state index >= 15 is 0 Å². The summed E-state index contributed by atoms with van der Waals surface area (Å²) in [6.45, 7) is 3.79. The van der Waals surface area contributed by atoms with Crippen LogP contribution in [0.5, 0.6) is 0 Å². The lowest BCUT2D eigenvalue weighted by Crippen LogP contribution is -2.38. The van der Waals surface area contributed by atoms with Crippen molar-refractivity contribution in [2.75, 3.05) is 0 Å². The minimum atomic E-state index is -4.59. The first-order valence-electron chi connectivity index (χ1n) is 9.65. The zero-order valence-corrected chi connectivity index (χ0v) is 17.4. The van der Waals surface area contributed by atoms with Crippen LogP contribution in [-0.2, 0) is 26.7 Å². The van der Waals surface area contributed by atoms with Gasteiger partial charge in [0.25, 0.3) is 5.56 Å². The van der Waals surface area contributed by atoms with E-state index in [2.05, 4.69) is 4.98 Å². The molecule has 0 saturated heterocycles. The Morgan fingerprint density at radius 2 is 1.68 bits per heavy atom. The minimum Gasteiger partial charge on any atom is -0.294 e. The van der Waals surface area contributed by atoms with Crippen molar-refractivity contribution in [2.45, 2.75) is 32.9 Å². The van der Waals surface area contributed by atoms with Gasteiger partial charge in [0.2, 0.25) is 0 Å². The summed E-state index contributed by atoms with van der Waals surface area (Å²) in [6.07, 6.45) is -4.03. The fourth-order valence-corrected chi connectivity index (χ4v) is 4.24. The largest absolute Gasteiger partial charge is 0.416 e. The highest BCUT2D eigenvalue weighted by atomic mass is 19.4. The Bertz CT molecular complexity index is 1380. The molecule has 2 heterocycles. The number of carbonyl (C=O) groups excluding carboxylic acids is 1. The molecule has 0 atom stereocenters. The Morgan fingerprint density at radius 1 is 1.00 bits per heavy atom. The van der Waals surface area contributed by atoms with Crippen molar-refractivity contribution >= 4 is 16.8 Å². The second-order valence-electron chi connectivity index (χ2n) is 8.73. The number of hydrogen-bond donors (Lipinski definition) is 0. The van der Waals surface area contributed by atoms with Crippen LogP contribution in [0.1, 0.15) is 41.9 Å². The average molecular weight is 431 g/mol. The number of Topliss-reactive ketones (excluding diaryl/α,β-unsaturated/α-hetero) is 1. The molecule has 0 saturated carbocycles. The van der Waals surface area contributed by atoms with Crippen LogP contribution >= 0.6 is 0 Å². The summed E-state index contributed by atoms with van der Waals surface area (Å²) in [5, 5.41) is -0.0456. The predicted molar refractivity (Wildman–Crippen MR) is 109 cm³/mol. The second kappa shape index (κ2) is 6.63. The molecular formula is C22H20F3N3O3. The summed E-state index contributed by atoms with van der Waals surface area (Å²) in [6, 6.07) is 4.52. The maximum absolute atomic E-state index is 13.4. The van der Waals surface area contributed by atoms with Crippen LogP contribution in [-0.4, -0.2) is 19.9 Å². The van der Waals surface area contributed by atoms with Gasteiger partial charge < -0.3 is 0 Å². The number of rotatable bonds is 1. The molecular weight excluding hydrogens is 411 g/mol. The third kappa shape index (κ3) is 3.28. The minimum absolute atomic E-state index is 0.0456. The average Bonchev–Trinajstić information content (AvgIpc) is 2.67. The van der Waals surface area contributed by atoms with Gasteiger partial charge in [0.05, 0.1) is 16.6 Å². The fraction of sp³-hybridized carbons (Fsp3) is 0.364. The summed E-state index contributed by atoms with van der Waals surface area (Å²) in [5.74, 6) is -0.288. The Morgan fingerprint density at radius 3 is 2.32 bits per heavy atom. The summed E-state index contributed by atoms with van der Waals surface area (Å²) in [5.41, 5.74) is -1.86. The van der Waals surface area contributed by atoms with Gasteiger partial charge >= 0.3 is 11.9 Å². The van der Waals surface area contributed by atoms with Gasteiger partial charge in [-0.2, -0.15) is 13.2 Å². The van der Waals surface area contributed by atoms with Gasteiger partial charge in [-0.15, -0.1) is 0 Å². The molecule has 0 bridgehead atoms. The van der Waals surface area contributed by atoms with E-state index in [1.807, 2.05) is 13.8 Å². The molecule has 0 spiro atoms. The van der Waals surface area contributed by atoms with E-state index in [0.29, 0.717) is 12.1 Å². The molecule has 6 nitrogen and oxygen atoms in total. The molecule has 0 unspecified atom stereocenters. The Hall–Kier alpha value is -3.23. The number of aryl methyl sites for hydroxylation is 1. The van der Waals surface area contributed by atoms with E-state index in [-0.39, 0.29) is 39.9 Å². The molecule has 3 aromatic rings. The highest BCUT2D eigenvalue weighted by molar-refractivity contribution is 6.10. The molecule has 2 aromatic heterocycles. The van der Waals surface area contributed by atoms with Crippen LogP contribution in [0.15, 0.2) is 33.9 Å². The van der Waals surface area contributed by atoms with Crippen LogP contribution in [0, 0.1) is 5.41 Å². The topological polar surface area (TPSA) is 74.0 Å². The summed E-state index contributed by atoms with van der Waals surface area (Å²) < 4.78 is 42.2. The smallest absolute Gasteiger partial charge is 0.294 e. The Kier molecular flexibility index (Phi) is 4.50. The van der Waals surface area contributed by atoms with Crippen molar-refractivity contribution < 1.29 is 18.0 Å². The van der Waals surface area contributed by atoms with Crippen molar-refractivity contribution in [2.24, 2.45) is 19.5 Å². The van der Waals surface area contributed by atoms with Crippen molar-refractivity contribution in [3.8, 4) is 11.1 Å². The highest BCUT2D eigenvalue weighted by Crippen LogP contribution is 2.41. The highest BCUT2D eigenvalue weighted by Gasteiger charge is 2.37. The number of halogens is 3. The predicted octanol–water partition coefficient (Wildman–Crippen LogP) is 3.47. The number of fused-ring (bicyclic) bond motifs is 2. The number of benzene rings is 1. The molecule has 0 radical (unpaired) electrons. The number of ketones is 1. The van der Waals surface area contributed by atoms with E-state index in [9.17, 15) is 27.6 Å². The van der Waals surface area contributed by atoms with Crippen LogP contribution < -0.4 is 11.2 Å². The molecule has 9 heteroatoms. The number of hydrogen-bond acceptors (Lipinski definition) is 4. The van der Waals surface area contributed by atoms with Crippen molar-refractivity contribution in [3.05, 3.63) is 61.9 Å². The van der Waals surface area contributed by atoms with Gasteiger partial charge in [-0.05, 0) is 29.5 Å². The van der Waals surface area contributed by atoms with E-state index in [0.717, 1.165) is 16.7 Å². The summed E-state index contributed by atoms with van der Waals surface area (Å²) in [7, 11) is 2.72. The van der Waals surface area contributed by atoms with E-state index in [1.54, 1.807) is 0 Å². The SMILES string of the molecule is Cn1c(=O)c2c(-c3cccc(C(F)(F)F)c3)c3c(nc2n(C)c1=O)CC(C)(C)CC3=O. The lowest BCUT2D eigenvalue weighted by molar-refractivity contribution is -0.137. The van der Waals surface area contributed by atoms with Crippen LogP contribution in [0.3, 0.4) is 0 Å². The molecule has 0 fully saturated rings. The Balaban J connectivity index is 2.23. The third-order valence-electron chi connectivity index (χ3n) is 5.71. The first kappa shape index (κ1) is 21.0. The van der Waals surface area contributed by atoms with Gasteiger partial charge in [-0.3, -0.25) is 18.7 Å². The molecule has 31 heavy (non-hydrogen) atoms. The lowest BCUT2D eigenvalue weighted by atomic mass is 9.73. The molecule has 0 amide bonds. The number of carbonyl (C=O) groups is 1. The van der Waals surface area contributed by atoms with Gasteiger partial charge in [0, 0.05) is 31.6 Å². The number of pyridine rings is 1. The summed E-state index contributed by atoms with van der Waals surface area (Å²) in [4.78, 5) is 43.2. The zero-order chi connectivity index (χ0) is 22.9. The van der Waals surface area contributed by atoms with Gasteiger partial charge in [0.1, 0.15) is 5.65 Å². The maximum atomic E-state index is 13.4. The molecule has 0 aliphatic heterocycles. The van der Waals surface area contributed by atoms with E-state index < -0.39 is 28.4 Å². The van der Waals surface area contributed by atoms with E-state index in [4.69, 9.17) is 0 Å². The van der Waals surface area contributed by atoms with Gasteiger partial charge in [-0.1, -0.05) is 26.0 Å². The quantitative estimate of drug-likeness (QED) is 0.591. The van der Waals surface area contributed by atoms with Gasteiger partial charge in [-0.25, -0.2) is 9.78 Å². The third-order valence-corrected chi connectivity index (χ3v) is 5.71. The van der Waals surface area contributed by atoms with Crippen LogP contribution in [0.2, 0.25) is 0 Å². The Labute approximate surface area is 175 Å². The molecule has 1 aromatic carbocycles. The molecule has 4 rings (SSSR count). The zero-order valence-electron chi connectivity index (χ0n) is 17.4. The monoisotopic (exact) mass is 431 g/mol. The van der Waals surface area contributed by atoms with Gasteiger partial charge in [0.15, 0.2) is 5.78 Å².